The van der Waals surface area contributed by atoms with Crippen molar-refractivity contribution >= 4 is 12.4 Å². The van der Waals surface area contributed by atoms with Crippen LogP contribution in [0, 0.1) is 0 Å². The lowest BCUT2D eigenvalue weighted by molar-refractivity contribution is 0.397. The van der Waals surface area contributed by atoms with Crippen molar-refractivity contribution in [2.45, 2.75) is 130 Å². The molecule has 2 N–H and O–H groups in total. The zero-order valence-corrected chi connectivity index (χ0v) is 25.0. The van der Waals surface area contributed by atoms with Gasteiger partial charge in [0.2, 0.25) is 0 Å². The van der Waals surface area contributed by atoms with Crippen molar-refractivity contribution < 1.29 is 10.2 Å². The Hall–Kier alpha value is -2.62. The summed E-state index contributed by atoms with van der Waals surface area (Å²) in [5, 5.41) is 21.9. The molecule has 0 bridgehead atoms. The smallest absolute Gasteiger partial charge is 0.127 e. The van der Waals surface area contributed by atoms with Gasteiger partial charge in [-0.05, 0) is 96.6 Å². The van der Waals surface area contributed by atoms with Gasteiger partial charge >= 0.3 is 0 Å². The number of rotatable bonds is 10. The van der Waals surface area contributed by atoms with Crippen molar-refractivity contribution in [2.75, 3.05) is 0 Å². The van der Waals surface area contributed by atoms with E-state index < -0.39 is 0 Å². The van der Waals surface area contributed by atoms with Crippen LogP contribution in [0.25, 0.3) is 0 Å². The van der Waals surface area contributed by atoms with Gasteiger partial charge in [0.15, 0.2) is 0 Å². The number of aromatic hydroxyl groups is 2. The first-order chi connectivity index (χ1) is 18.0. The molecule has 4 nitrogen and oxygen atoms in total. The fourth-order valence-corrected chi connectivity index (χ4v) is 5.31. The van der Waals surface area contributed by atoms with Crippen LogP contribution in [0.5, 0.6) is 11.5 Å². The van der Waals surface area contributed by atoms with E-state index in [0.717, 1.165) is 60.8 Å². The largest absolute Gasteiger partial charge is 0.507 e. The van der Waals surface area contributed by atoms with E-state index in [-0.39, 0.29) is 23.9 Å². The third-order valence-electron chi connectivity index (χ3n) is 8.46. The Bertz CT molecular complexity index is 1040. The number of hydrogen-bond acceptors (Lipinski definition) is 4. The first-order valence-corrected chi connectivity index (χ1v) is 14.8. The second kappa shape index (κ2) is 13.4. The van der Waals surface area contributed by atoms with Gasteiger partial charge in [0.25, 0.3) is 0 Å². The maximum atomic E-state index is 11.0. The molecule has 1 aliphatic rings. The summed E-state index contributed by atoms with van der Waals surface area (Å²) in [4.78, 5) is 9.88. The summed E-state index contributed by atoms with van der Waals surface area (Å²) in [6.45, 7) is 17.4. The standard InChI is InChI=1S/C34H50N2O2/c1-9-23(7)25-14-27(33(37)31(16-25)21(3)4)19-35-29-12-11-13-30(18-29)36-20-28-15-26(24(8)10-2)17-32(22(5)6)34(28)38/h14-17,19-24,29-30,37-38H,9-13,18H2,1-8H3. The summed E-state index contributed by atoms with van der Waals surface area (Å²) in [5.74, 6) is 2.12. The van der Waals surface area contributed by atoms with Gasteiger partial charge in [0.1, 0.15) is 11.5 Å². The molecule has 1 fully saturated rings. The Kier molecular flexibility index (Phi) is 10.6. The van der Waals surface area contributed by atoms with Gasteiger partial charge in [-0.15, -0.1) is 0 Å². The number of aliphatic imine (C=N–C) groups is 2. The average Bonchev–Trinajstić information content (AvgIpc) is 2.90. The summed E-state index contributed by atoms with van der Waals surface area (Å²) in [6.07, 6.45) is 9.95. The van der Waals surface area contributed by atoms with Crippen molar-refractivity contribution in [3.8, 4) is 11.5 Å². The highest BCUT2D eigenvalue weighted by Crippen LogP contribution is 2.35. The minimum atomic E-state index is 0.186. The molecule has 0 aromatic heterocycles. The fourth-order valence-electron chi connectivity index (χ4n) is 5.31. The monoisotopic (exact) mass is 518 g/mol. The SMILES string of the molecule is CCC(C)c1cc(C=NC2CCCC(N=Cc3cc(C(C)CC)cc(C(C)C)c3O)C2)c(O)c(C(C)C)c1. The van der Waals surface area contributed by atoms with E-state index in [4.69, 9.17) is 9.98 Å². The summed E-state index contributed by atoms with van der Waals surface area (Å²) in [6, 6.07) is 8.91. The van der Waals surface area contributed by atoms with Gasteiger partial charge in [-0.1, -0.05) is 67.5 Å². The van der Waals surface area contributed by atoms with Gasteiger partial charge in [-0.2, -0.15) is 0 Å². The summed E-state index contributed by atoms with van der Waals surface area (Å²) >= 11 is 0. The molecular weight excluding hydrogens is 468 g/mol. The quantitative estimate of drug-likeness (QED) is 0.308. The van der Waals surface area contributed by atoms with E-state index in [1.165, 1.54) is 11.1 Å². The molecule has 38 heavy (non-hydrogen) atoms. The molecule has 0 saturated heterocycles. The predicted molar refractivity (Wildman–Crippen MR) is 163 cm³/mol. The number of phenolic OH excluding ortho intramolecular Hbond substituents is 2. The Morgan fingerprint density at radius 1 is 0.711 bits per heavy atom. The predicted octanol–water partition coefficient (Wildman–Crippen LogP) is 9.22. The lowest BCUT2D eigenvalue weighted by atomic mass is 9.89. The van der Waals surface area contributed by atoms with Crippen LogP contribution in [0.15, 0.2) is 34.3 Å². The van der Waals surface area contributed by atoms with Crippen LogP contribution in [-0.2, 0) is 0 Å². The van der Waals surface area contributed by atoms with Crippen molar-refractivity contribution in [2.24, 2.45) is 9.98 Å². The Morgan fingerprint density at radius 3 is 1.45 bits per heavy atom. The molecule has 1 saturated carbocycles. The third-order valence-corrected chi connectivity index (χ3v) is 8.46. The van der Waals surface area contributed by atoms with E-state index in [9.17, 15) is 10.2 Å². The molecule has 4 atom stereocenters. The number of nitrogens with zero attached hydrogens (tertiary/aromatic N) is 2. The molecule has 0 amide bonds. The molecule has 4 heteroatoms. The van der Waals surface area contributed by atoms with Crippen LogP contribution in [0.2, 0.25) is 0 Å². The van der Waals surface area contributed by atoms with Gasteiger partial charge in [-0.3, -0.25) is 9.98 Å². The maximum Gasteiger partial charge on any atom is 0.127 e. The van der Waals surface area contributed by atoms with Crippen molar-refractivity contribution in [1.82, 2.24) is 0 Å². The molecule has 3 rings (SSSR count). The molecular formula is C34H50N2O2. The zero-order valence-electron chi connectivity index (χ0n) is 25.0. The highest BCUT2D eigenvalue weighted by Gasteiger charge is 2.22. The van der Waals surface area contributed by atoms with E-state index in [2.05, 4.69) is 79.7 Å². The molecule has 208 valence electrons. The van der Waals surface area contributed by atoms with Crippen LogP contribution >= 0.6 is 0 Å². The number of benzene rings is 2. The van der Waals surface area contributed by atoms with Crippen LogP contribution < -0.4 is 0 Å². The van der Waals surface area contributed by atoms with Crippen LogP contribution in [0.4, 0.5) is 0 Å². The van der Waals surface area contributed by atoms with E-state index >= 15 is 0 Å². The molecule has 2 aromatic rings. The number of hydrogen-bond donors (Lipinski definition) is 2. The molecule has 1 aliphatic carbocycles. The normalized spacial score (nSPS) is 20.2. The Labute approximate surface area is 231 Å². The molecule has 0 aliphatic heterocycles. The lowest BCUT2D eigenvalue weighted by Crippen LogP contribution is -2.21. The van der Waals surface area contributed by atoms with Crippen LogP contribution in [0.1, 0.15) is 151 Å². The van der Waals surface area contributed by atoms with Gasteiger partial charge < -0.3 is 10.2 Å². The molecule has 0 spiro atoms. The topological polar surface area (TPSA) is 65.2 Å². The van der Waals surface area contributed by atoms with E-state index in [1.807, 2.05) is 12.4 Å². The first kappa shape index (κ1) is 29.9. The Balaban J connectivity index is 1.81. The van der Waals surface area contributed by atoms with Gasteiger partial charge in [-0.25, -0.2) is 0 Å². The van der Waals surface area contributed by atoms with Crippen molar-refractivity contribution in [3.63, 3.8) is 0 Å². The van der Waals surface area contributed by atoms with Crippen LogP contribution in [0.3, 0.4) is 0 Å². The lowest BCUT2D eigenvalue weighted by Gasteiger charge is -2.24. The minimum absolute atomic E-state index is 0.186. The summed E-state index contributed by atoms with van der Waals surface area (Å²) < 4.78 is 0. The van der Waals surface area contributed by atoms with Crippen molar-refractivity contribution in [1.29, 1.82) is 0 Å². The zero-order chi connectivity index (χ0) is 28.0. The summed E-state index contributed by atoms with van der Waals surface area (Å²) in [7, 11) is 0. The fraction of sp³-hybridized carbons (Fsp3) is 0.588. The second-order valence-corrected chi connectivity index (χ2v) is 12.1. The molecule has 4 unspecified atom stereocenters. The highest BCUT2D eigenvalue weighted by atomic mass is 16.3. The molecule has 0 radical (unpaired) electrons. The second-order valence-electron chi connectivity index (χ2n) is 12.1. The molecule has 0 heterocycles. The van der Waals surface area contributed by atoms with E-state index in [1.54, 1.807) is 0 Å². The third kappa shape index (κ3) is 7.27. The summed E-state index contributed by atoms with van der Waals surface area (Å²) in [5.41, 5.74) is 6.17. The number of phenols is 2. The Morgan fingerprint density at radius 2 is 1.11 bits per heavy atom. The average molecular weight is 519 g/mol. The first-order valence-electron chi connectivity index (χ1n) is 14.8. The van der Waals surface area contributed by atoms with Crippen molar-refractivity contribution in [3.05, 3.63) is 57.6 Å². The van der Waals surface area contributed by atoms with Crippen LogP contribution in [-0.4, -0.2) is 34.7 Å². The minimum Gasteiger partial charge on any atom is -0.507 e. The van der Waals surface area contributed by atoms with Gasteiger partial charge in [0, 0.05) is 23.6 Å². The maximum absolute atomic E-state index is 11.0. The highest BCUT2D eigenvalue weighted by molar-refractivity contribution is 5.85. The van der Waals surface area contributed by atoms with E-state index in [0.29, 0.717) is 23.3 Å². The van der Waals surface area contributed by atoms with Gasteiger partial charge in [0.05, 0.1) is 12.1 Å². The molecule has 2 aromatic carbocycles.